The molecule has 0 radical (unpaired) electrons. The molecule has 3 saturated carbocycles. The zero-order chi connectivity index (χ0) is 41.5. The normalized spacial score (nSPS) is 27.1. The first kappa shape index (κ1) is 44.0. The molecule has 3 aliphatic carbocycles. The van der Waals surface area contributed by atoms with E-state index in [2.05, 4.69) is 74.0 Å². The van der Waals surface area contributed by atoms with Crippen molar-refractivity contribution in [3.63, 3.8) is 0 Å². The molecule has 1 heterocycles. The highest BCUT2D eigenvalue weighted by molar-refractivity contribution is 6.84. The van der Waals surface area contributed by atoms with E-state index in [-0.39, 0.29) is 47.9 Å². The molecular weight excluding hydrogens is 704 g/mol. The number of amides is 2. The molecule has 2 amide bonds. The van der Waals surface area contributed by atoms with Crippen LogP contribution in [0.25, 0.3) is 11.1 Å². The lowest BCUT2D eigenvalue weighted by Gasteiger charge is -2.62. The maximum atomic E-state index is 14.3. The number of nitrogens with one attached hydrogen (secondary N) is 2. The van der Waals surface area contributed by atoms with Crippen LogP contribution >= 0.6 is 0 Å². The second-order valence-electron chi connectivity index (χ2n) is 19.8. The zero-order valence-corrected chi connectivity index (χ0v) is 36.5. The Morgan fingerprint density at radius 1 is 1.18 bits per heavy atom. The average molecular weight is 775 g/mol. The van der Waals surface area contributed by atoms with Crippen LogP contribution in [-0.4, -0.2) is 125 Å². The summed E-state index contributed by atoms with van der Waals surface area (Å²) in [6.45, 7) is 15.9. The van der Waals surface area contributed by atoms with E-state index >= 15 is 0 Å². The SMILES string of the molecule is BB[N+](C)(C)C[C@H](CC(C)(C)C)NC(=O)c1cc(-c2cccc(CN3O[C@@H](CO)[C@H]([C@H](C)O)[C@H]3C(=O)N[C@H]3C[C@H]4C[C@@H]([C@@H]3C)C4(C)C)c2OC)cc(N(C)C)c1. The average Bonchev–Trinajstić information content (AvgIpc) is 3.49. The summed E-state index contributed by atoms with van der Waals surface area (Å²) in [6, 6.07) is 10.9. The predicted molar refractivity (Wildman–Crippen MR) is 228 cm³/mol. The van der Waals surface area contributed by atoms with Crippen LogP contribution in [0.15, 0.2) is 36.4 Å². The van der Waals surface area contributed by atoms with Crippen LogP contribution in [0.4, 0.5) is 5.69 Å². The number of ether oxygens (including phenoxy) is 1. The van der Waals surface area contributed by atoms with Gasteiger partial charge in [-0.05, 0) is 78.5 Å². The van der Waals surface area contributed by atoms with Crippen molar-refractivity contribution in [2.45, 2.75) is 105 Å². The Morgan fingerprint density at radius 3 is 2.43 bits per heavy atom. The van der Waals surface area contributed by atoms with Crippen molar-refractivity contribution in [1.29, 1.82) is 0 Å². The number of anilines is 1. The second-order valence-corrected chi connectivity index (χ2v) is 19.8. The number of aliphatic hydroxyl groups is 2. The van der Waals surface area contributed by atoms with Gasteiger partial charge in [0.15, 0.2) is 7.74 Å². The van der Waals surface area contributed by atoms with Crippen LogP contribution in [0.3, 0.4) is 0 Å². The van der Waals surface area contributed by atoms with Crippen molar-refractivity contribution in [3.05, 3.63) is 47.5 Å². The van der Waals surface area contributed by atoms with E-state index in [0.29, 0.717) is 29.1 Å². The van der Waals surface area contributed by atoms with Crippen LogP contribution in [0.5, 0.6) is 5.75 Å². The summed E-state index contributed by atoms with van der Waals surface area (Å²) in [5, 5.41) is 29.7. The van der Waals surface area contributed by atoms with Crippen molar-refractivity contribution in [1.82, 2.24) is 15.7 Å². The van der Waals surface area contributed by atoms with Crippen LogP contribution in [-0.2, 0) is 16.2 Å². The lowest BCUT2D eigenvalue weighted by Crippen LogP contribution is -2.62. The van der Waals surface area contributed by atoms with Crippen LogP contribution in [0.1, 0.15) is 83.7 Å². The molecule has 2 bridgehead atoms. The predicted octanol–water partition coefficient (Wildman–Crippen LogP) is 3.60. The number of rotatable bonds is 15. The van der Waals surface area contributed by atoms with Gasteiger partial charge < -0.3 is 34.9 Å². The third-order valence-electron chi connectivity index (χ3n) is 13.5. The van der Waals surface area contributed by atoms with Gasteiger partial charge in [-0.25, -0.2) is 0 Å². The van der Waals surface area contributed by atoms with Gasteiger partial charge in [0.05, 0.1) is 39.0 Å². The lowest BCUT2D eigenvalue weighted by molar-refractivity contribution is -0.777. The maximum absolute atomic E-state index is 14.3. The molecule has 0 aromatic heterocycles. The van der Waals surface area contributed by atoms with Crippen LogP contribution < -0.4 is 20.3 Å². The van der Waals surface area contributed by atoms with Gasteiger partial charge in [-0.2, -0.15) is 5.06 Å². The maximum Gasteiger partial charge on any atom is 0.333 e. The number of hydrogen-bond acceptors (Lipinski definition) is 8. The van der Waals surface area contributed by atoms with E-state index in [1.807, 2.05) is 55.4 Å². The van der Waals surface area contributed by atoms with Gasteiger partial charge in [-0.3, -0.25) is 14.4 Å². The molecule has 56 heavy (non-hydrogen) atoms. The summed E-state index contributed by atoms with van der Waals surface area (Å²) in [7, 11) is 13.1. The van der Waals surface area contributed by atoms with Crippen molar-refractivity contribution < 1.29 is 33.8 Å². The number of likely N-dealkylation sites (N-methyl/N-ethyl adjacent to an activating group) is 1. The van der Waals surface area contributed by atoms with Gasteiger partial charge in [-0.15, -0.1) is 0 Å². The number of hydroxylamine groups is 2. The van der Waals surface area contributed by atoms with E-state index in [9.17, 15) is 19.8 Å². The molecule has 4 aliphatic rings. The third kappa shape index (κ3) is 9.44. The van der Waals surface area contributed by atoms with Gasteiger partial charge in [0.25, 0.3) is 5.91 Å². The number of carbonyl (C=O) groups is 2. The third-order valence-corrected chi connectivity index (χ3v) is 13.5. The first-order chi connectivity index (χ1) is 26.1. The molecule has 4 fully saturated rings. The molecule has 1 saturated heterocycles. The zero-order valence-electron chi connectivity index (χ0n) is 36.5. The molecule has 1 aliphatic heterocycles. The molecule has 2 aromatic rings. The highest BCUT2D eigenvalue weighted by Crippen LogP contribution is 2.61. The Morgan fingerprint density at radius 2 is 1.88 bits per heavy atom. The molecule has 6 rings (SSSR count). The van der Waals surface area contributed by atoms with Gasteiger partial charge in [-0.1, -0.05) is 59.7 Å². The minimum atomic E-state index is -0.898. The molecule has 13 heteroatoms. The van der Waals surface area contributed by atoms with Crippen LogP contribution in [0.2, 0.25) is 0 Å². The standard InChI is InChI=1S/C43H69B2N5O6/c1-25-34-19-30(43(34,6)7)20-35(25)47-41(54)38-37(26(2)52)36(24-51)56-49(38)22-27-14-13-15-33(39(27)55-12)28-16-29(18-32(17-28)48(8)9)40(53)46-31(21-42(3,4)5)23-50(10,11)45-44/h13-18,25-26,30-31,34-38,45,51-52H,19-24,44H2,1-12H3,(H-,46,47,53,54)/p+1/t25-,26-,30+,31-,34-,35-,36-,37-,38-/m0/s1. The molecule has 0 unspecified atom stereocenters. The molecule has 0 spiro atoms. The molecule has 11 nitrogen and oxygen atoms in total. The van der Waals surface area contributed by atoms with Gasteiger partial charge >= 0.3 is 7.31 Å². The highest BCUT2D eigenvalue weighted by atomic mass is 16.7. The number of fused-ring (bicyclic) bond motifs is 2. The second kappa shape index (κ2) is 17.0. The number of quaternary nitrogens is 1. The molecule has 2 aromatic carbocycles. The van der Waals surface area contributed by atoms with Gasteiger partial charge in [0, 0.05) is 62.5 Å². The van der Waals surface area contributed by atoms with Crippen LogP contribution in [0, 0.1) is 34.5 Å². The van der Waals surface area contributed by atoms with Crippen molar-refractivity contribution in [2.24, 2.45) is 34.5 Å². The molecule has 4 N–H and O–H groups in total. The van der Waals surface area contributed by atoms with E-state index in [1.165, 1.54) is 6.42 Å². The fourth-order valence-corrected chi connectivity index (χ4v) is 9.88. The largest absolute Gasteiger partial charge is 0.496 e. The molecule has 9 atom stereocenters. The van der Waals surface area contributed by atoms with E-state index in [0.717, 1.165) is 53.5 Å². The lowest BCUT2D eigenvalue weighted by atomic mass is 9.45. The van der Waals surface area contributed by atoms with E-state index in [4.69, 9.17) is 9.57 Å². The monoisotopic (exact) mass is 775 g/mol. The molecular formula is C43H70B2N5O6+. The first-order valence-electron chi connectivity index (χ1n) is 20.7. The number of carbonyl (C=O) groups excluding carboxylic acids is 2. The summed E-state index contributed by atoms with van der Waals surface area (Å²) in [6.07, 6.45) is 1.33. The number of methoxy groups -OCH3 is 1. The van der Waals surface area contributed by atoms with Crippen molar-refractivity contribution in [2.75, 3.05) is 53.4 Å². The Kier molecular flexibility index (Phi) is 13.4. The Hall–Kier alpha value is -3.09. The van der Waals surface area contributed by atoms with Gasteiger partial charge in [0.1, 0.15) is 17.9 Å². The van der Waals surface area contributed by atoms with Crippen molar-refractivity contribution >= 4 is 32.5 Å². The topological polar surface area (TPSA) is 124 Å². The summed E-state index contributed by atoms with van der Waals surface area (Å²) in [5.41, 5.74) is 4.13. The van der Waals surface area contributed by atoms with Gasteiger partial charge in [0.2, 0.25) is 5.91 Å². The number of nitrogens with zero attached hydrogens (tertiary/aromatic N) is 3. The fraction of sp³-hybridized carbons (Fsp3) is 0.674. The Bertz CT molecular complexity index is 1710. The number of hydrogen-bond donors (Lipinski definition) is 4. The fourth-order valence-electron chi connectivity index (χ4n) is 9.88. The number of benzene rings is 2. The summed E-state index contributed by atoms with van der Waals surface area (Å²) in [4.78, 5) is 36.7. The summed E-state index contributed by atoms with van der Waals surface area (Å²) in [5.74, 6) is 1.10. The minimum absolute atomic E-state index is 0.0144. The quantitative estimate of drug-likeness (QED) is 0.203. The first-order valence-corrected chi connectivity index (χ1v) is 20.7. The molecule has 308 valence electrons. The minimum Gasteiger partial charge on any atom is -0.496 e. The van der Waals surface area contributed by atoms with E-state index in [1.54, 1.807) is 19.1 Å². The number of aliphatic hydroxyl groups excluding tert-OH is 2. The Labute approximate surface area is 338 Å². The summed E-state index contributed by atoms with van der Waals surface area (Å²) < 4.78 is 6.92. The Balaban J connectivity index is 1.46. The van der Waals surface area contributed by atoms with Crippen molar-refractivity contribution in [3.8, 4) is 16.9 Å². The number of para-hydroxylation sites is 1. The summed E-state index contributed by atoms with van der Waals surface area (Å²) >= 11 is 0. The highest BCUT2D eigenvalue weighted by Gasteiger charge is 2.57. The smallest absolute Gasteiger partial charge is 0.333 e. The van der Waals surface area contributed by atoms with E-state index < -0.39 is 24.2 Å².